The molecule has 1 aromatic heterocycles. The van der Waals surface area contributed by atoms with Gasteiger partial charge in [-0.05, 0) is 38.5 Å². The van der Waals surface area contributed by atoms with Gasteiger partial charge in [0.25, 0.3) is 0 Å². The lowest BCUT2D eigenvalue weighted by molar-refractivity contribution is 0.0523. The minimum atomic E-state index is -0.560. The first-order valence-corrected chi connectivity index (χ1v) is 7.36. The molecule has 0 radical (unpaired) electrons. The molecule has 2 aromatic rings. The zero-order chi connectivity index (χ0) is 16.9. The summed E-state index contributed by atoms with van der Waals surface area (Å²) in [6, 6.07) is 10.6. The maximum Gasteiger partial charge on any atom is 0.407 e. The van der Waals surface area contributed by atoms with E-state index in [-0.39, 0.29) is 12.3 Å². The number of pyridine rings is 1. The number of aromatic nitrogens is 1. The quantitative estimate of drug-likeness (QED) is 0.879. The smallest absolute Gasteiger partial charge is 0.407 e. The van der Waals surface area contributed by atoms with Crippen molar-refractivity contribution in [2.45, 2.75) is 32.9 Å². The lowest BCUT2D eigenvalue weighted by atomic mass is 9.99. The second kappa shape index (κ2) is 7.05. The van der Waals surface area contributed by atoms with Gasteiger partial charge in [0, 0.05) is 30.1 Å². The molecule has 5 nitrogen and oxygen atoms in total. The number of rotatable bonds is 4. The number of nitrogens with zero attached hydrogens (tertiary/aromatic N) is 1. The van der Waals surface area contributed by atoms with Crippen molar-refractivity contribution in [3.63, 3.8) is 0 Å². The van der Waals surface area contributed by atoms with Gasteiger partial charge in [-0.2, -0.15) is 0 Å². The van der Waals surface area contributed by atoms with Gasteiger partial charge in [-0.1, -0.05) is 24.3 Å². The molecular weight excluding hydrogens is 292 g/mol. The Morgan fingerprint density at radius 1 is 1.13 bits per heavy atom. The highest BCUT2D eigenvalue weighted by Gasteiger charge is 2.17. The van der Waals surface area contributed by atoms with E-state index in [0.717, 1.165) is 5.56 Å². The molecule has 0 aliphatic rings. The number of hydrogen-bond donors (Lipinski definition) is 1. The second-order valence-corrected chi connectivity index (χ2v) is 6.08. The van der Waals surface area contributed by atoms with Crippen LogP contribution in [-0.4, -0.2) is 22.5 Å². The van der Waals surface area contributed by atoms with E-state index in [2.05, 4.69) is 10.3 Å². The molecule has 1 amide bonds. The Morgan fingerprint density at radius 2 is 1.87 bits per heavy atom. The molecule has 0 bridgehead atoms. The zero-order valence-corrected chi connectivity index (χ0v) is 13.5. The van der Waals surface area contributed by atoms with Crippen molar-refractivity contribution in [1.29, 1.82) is 0 Å². The molecule has 0 unspecified atom stereocenters. The summed E-state index contributed by atoms with van der Waals surface area (Å²) in [6.45, 7) is 5.61. The fraction of sp³-hybridized carbons (Fsp3) is 0.278. The van der Waals surface area contributed by atoms with Crippen molar-refractivity contribution in [2.24, 2.45) is 0 Å². The maximum atomic E-state index is 12.6. The van der Waals surface area contributed by atoms with Crippen LogP contribution in [0, 0.1) is 0 Å². The monoisotopic (exact) mass is 312 g/mol. The molecule has 5 heteroatoms. The molecule has 0 aliphatic carbocycles. The minimum Gasteiger partial charge on any atom is -0.444 e. The van der Waals surface area contributed by atoms with Gasteiger partial charge in [-0.3, -0.25) is 9.78 Å². The van der Waals surface area contributed by atoms with E-state index in [4.69, 9.17) is 4.74 Å². The number of alkyl carbamates (subject to hydrolysis) is 1. The van der Waals surface area contributed by atoms with Crippen LogP contribution in [0.2, 0.25) is 0 Å². The Hall–Kier alpha value is -2.69. The zero-order valence-electron chi connectivity index (χ0n) is 13.5. The van der Waals surface area contributed by atoms with Crippen LogP contribution < -0.4 is 5.32 Å². The van der Waals surface area contributed by atoms with Crippen molar-refractivity contribution in [2.75, 3.05) is 0 Å². The molecule has 1 heterocycles. The van der Waals surface area contributed by atoms with Crippen LogP contribution in [0.5, 0.6) is 0 Å². The highest BCUT2D eigenvalue weighted by molar-refractivity contribution is 6.09. The van der Waals surface area contributed by atoms with E-state index in [9.17, 15) is 9.59 Å². The molecule has 0 saturated heterocycles. The summed E-state index contributed by atoms with van der Waals surface area (Å²) in [5.74, 6) is -0.125. The molecular formula is C18H20N2O3. The van der Waals surface area contributed by atoms with Crippen molar-refractivity contribution in [1.82, 2.24) is 10.3 Å². The third kappa shape index (κ3) is 4.92. The SMILES string of the molecule is CC(C)(C)OC(=O)NCc1ccccc1C(=O)c1cccnc1. The van der Waals surface area contributed by atoms with Crippen LogP contribution >= 0.6 is 0 Å². The molecule has 0 saturated carbocycles. The Labute approximate surface area is 135 Å². The lowest BCUT2D eigenvalue weighted by Gasteiger charge is -2.20. The van der Waals surface area contributed by atoms with Gasteiger partial charge in [0.1, 0.15) is 5.60 Å². The van der Waals surface area contributed by atoms with Gasteiger partial charge in [0.05, 0.1) is 0 Å². The summed E-state index contributed by atoms with van der Waals surface area (Å²) < 4.78 is 5.20. The largest absolute Gasteiger partial charge is 0.444 e. The van der Waals surface area contributed by atoms with Crippen LogP contribution in [0.4, 0.5) is 4.79 Å². The van der Waals surface area contributed by atoms with E-state index >= 15 is 0 Å². The van der Waals surface area contributed by atoms with E-state index in [1.165, 1.54) is 6.20 Å². The Balaban J connectivity index is 2.12. The van der Waals surface area contributed by atoms with Crippen molar-refractivity contribution >= 4 is 11.9 Å². The average molecular weight is 312 g/mol. The number of ketones is 1. The fourth-order valence-corrected chi connectivity index (χ4v) is 2.03. The molecule has 0 spiro atoms. The second-order valence-electron chi connectivity index (χ2n) is 6.08. The molecule has 2 rings (SSSR count). The van der Waals surface area contributed by atoms with Crippen LogP contribution in [0.15, 0.2) is 48.8 Å². The highest BCUT2D eigenvalue weighted by Crippen LogP contribution is 2.14. The number of hydrogen-bond acceptors (Lipinski definition) is 4. The number of amides is 1. The Morgan fingerprint density at radius 3 is 2.52 bits per heavy atom. The number of benzene rings is 1. The first-order chi connectivity index (χ1) is 10.9. The minimum absolute atomic E-state index is 0.125. The molecule has 1 N–H and O–H groups in total. The highest BCUT2D eigenvalue weighted by atomic mass is 16.6. The standard InChI is InChI=1S/C18H20N2O3/c1-18(2,3)23-17(22)20-12-13-7-4-5-9-15(13)16(21)14-8-6-10-19-11-14/h4-11H,12H2,1-3H3,(H,20,22). The van der Waals surface area contributed by atoms with Crippen molar-refractivity contribution in [3.05, 3.63) is 65.5 Å². The molecule has 0 atom stereocenters. The summed E-state index contributed by atoms with van der Waals surface area (Å²) in [6.07, 6.45) is 2.63. The van der Waals surface area contributed by atoms with Gasteiger partial charge in [-0.25, -0.2) is 4.79 Å². The van der Waals surface area contributed by atoms with E-state index in [0.29, 0.717) is 11.1 Å². The Kier molecular flexibility index (Phi) is 5.11. The van der Waals surface area contributed by atoms with Gasteiger partial charge in [0.2, 0.25) is 0 Å². The molecule has 1 aromatic carbocycles. The summed E-state index contributed by atoms with van der Waals surface area (Å²) in [7, 11) is 0. The predicted molar refractivity (Wildman–Crippen MR) is 87.2 cm³/mol. The number of ether oxygens (including phenoxy) is 1. The summed E-state index contributed by atoms with van der Waals surface area (Å²) >= 11 is 0. The summed E-state index contributed by atoms with van der Waals surface area (Å²) in [5, 5.41) is 2.67. The van der Waals surface area contributed by atoms with Crippen molar-refractivity contribution < 1.29 is 14.3 Å². The maximum absolute atomic E-state index is 12.6. The average Bonchev–Trinajstić information content (AvgIpc) is 2.52. The van der Waals surface area contributed by atoms with E-state index in [1.54, 1.807) is 57.3 Å². The fourth-order valence-electron chi connectivity index (χ4n) is 2.03. The number of carbonyl (C=O) groups excluding carboxylic acids is 2. The molecule has 0 fully saturated rings. The van der Waals surface area contributed by atoms with E-state index in [1.807, 2.05) is 6.07 Å². The first-order valence-electron chi connectivity index (χ1n) is 7.36. The number of nitrogens with one attached hydrogen (secondary N) is 1. The Bertz CT molecular complexity index is 691. The topological polar surface area (TPSA) is 68.3 Å². The van der Waals surface area contributed by atoms with Gasteiger partial charge < -0.3 is 10.1 Å². The third-order valence-corrected chi connectivity index (χ3v) is 3.01. The summed E-state index contributed by atoms with van der Waals surface area (Å²) in [4.78, 5) is 28.3. The van der Waals surface area contributed by atoms with Gasteiger partial charge in [-0.15, -0.1) is 0 Å². The third-order valence-electron chi connectivity index (χ3n) is 3.01. The van der Waals surface area contributed by atoms with Crippen LogP contribution in [0.1, 0.15) is 42.3 Å². The lowest BCUT2D eigenvalue weighted by Crippen LogP contribution is -2.32. The van der Waals surface area contributed by atoms with Crippen molar-refractivity contribution in [3.8, 4) is 0 Å². The van der Waals surface area contributed by atoms with Crippen LogP contribution in [0.25, 0.3) is 0 Å². The predicted octanol–water partition coefficient (Wildman–Crippen LogP) is 3.34. The van der Waals surface area contributed by atoms with Crippen LogP contribution in [0.3, 0.4) is 0 Å². The van der Waals surface area contributed by atoms with Crippen LogP contribution in [-0.2, 0) is 11.3 Å². The molecule has 120 valence electrons. The normalized spacial score (nSPS) is 10.9. The molecule has 23 heavy (non-hydrogen) atoms. The van der Waals surface area contributed by atoms with Gasteiger partial charge >= 0.3 is 6.09 Å². The van der Waals surface area contributed by atoms with E-state index < -0.39 is 11.7 Å². The molecule has 0 aliphatic heterocycles. The summed E-state index contributed by atoms with van der Waals surface area (Å²) in [5.41, 5.74) is 1.22. The number of carbonyl (C=O) groups is 2. The first kappa shape index (κ1) is 16.7. The van der Waals surface area contributed by atoms with Gasteiger partial charge in [0.15, 0.2) is 5.78 Å².